The topological polar surface area (TPSA) is 388 Å². The first kappa shape index (κ1) is 69.3. The van der Waals surface area contributed by atoms with Crippen molar-refractivity contribution in [1.82, 2.24) is 65.5 Å². The fourth-order valence-electron chi connectivity index (χ4n) is 8.99. The van der Waals surface area contributed by atoms with Crippen molar-refractivity contribution in [3.63, 3.8) is 0 Å². The highest BCUT2D eigenvalue weighted by molar-refractivity contribution is 6.35. The first-order valence-corrected chi connectivity index (χ1v) is 30.1. The van der Waals surface area contributed by atoms with Gasteiger partial charge in [-0.05, 0) is 82.0 Å². The number of ether oxygens (including phenoxy) is 7. The molecule has 0 aliphatic carbocycles. The first-order chi connectivity index (χ1) is 45.1. The van der Waals surface area contributed by atoms with Crippen LogP contribution in [0, 0.1) is 29.9 Å². The number of aromatic amines is 1. The van der Waals surface area contributed by atoms with Crippen LogP contribution in [0.5, 0.6) is 6.01 Å². The number of benzene rings is 2. The number of carbonyl (C=O) groups excluding carboxylic acids is 2. The first-order valence-electron chi connectivity index (χ1n) is 29.7. The van der Waals surface area contributed by atoms with Crippen LogP contribution in [0.25, 0.3) is 33.5 Å². The molecule has 0 fully saturated rings. The number of fused-ring (bicyclic) bond motifs is 2. The molecule has 0 spiro atoms. The molecule has 2 atom stereocenters. The summed E-state index contributed by atoms with van der Waals surface area (Å²) < 4.78 is 71.2. The van der Waals surface area contributed by atoms with Gasteiger partial charge in [-0.3, -0.25) is 28.8 Å². The van der Waals surface area contributed by atoms with Crippen LogP contribution in [0.15, 0.2) is 78.1 Å². The third-order valence-electron chi connectivity index (χ3n) is 13.8. The quantitative estimate of drug-likeness (QED) is 0.0223. The number of unbranched alkanes of at least 4 members (excludes halogenated alkanes) is 2. The van der Waals surface area contributed by atoms with Crippen molar-refractivity contribution in [3.05, 3.63) is 134 Å². The van der Waals surface area contributed by atoms with E-state index in [0.29, 0.717) is 112 Å². The summed E-state index contributed by atoms with van der Waals surface area (Å²) in [5, 5.41) is 38.8. The van der Waals surface area contributed by atoms with Crippen molar-refractivity contribution in [2.75, 3.05) is 102 Å². The number of carboxylic acid groups (broad SMARTS) is 1. The number of nitriles is 1. The number of hydrogen-bond acceptors (Lipinski definition) is 24. The number of aliphatic carboxylic acids is 1. The molecule has 0 bridgehead atoms. The summed E-state index contributed by atoms with van der Waals surface area (Å²) in [6, 6.07) is 12.1. The van der Waals surface area contributed by atoms with E-state index < -0.39 is 47.1 Å². The summed E-state index contributed by atoms with van der Waals surface area (Å²) in [5.74, 6) is -3.47. The average molecular weight is 1310 g/mol. The molecule has 0 radical (unpaired) electrons. The third-order valence-corrected chi connectivity index (χ3v) is 14.2. The van der Waals surface area contributed by atoms with Gasteiger partial charge in [0.2, 0.25) is 11.9 Å². The molecule has 0 saturated heterocycles. The van der Waals surface area contributed by atoms with Crippen molar-refractivity contribution in [1.29, 1.82) is 5.26 Å². The maximum Gasteiger partial charge on any atom is 0.316 e. The summed E-state index contributed by atoms with van der Waals surface area (Å²) in [5.41, 5.74) is 9.27. The van der Waals surface area contributed by atoms with E-state index in [1.807, 2.05) is 12.3 Å². The lowest BCUT2D eigenvalue weighted by atomic mass is 10.0. The van der Waals surface area contributed by atoms with Gasteiger partial charge in [-0.2, -0.15) is 10.2 Å². The Morgan fingerprint density at radius 2 is 1.48 bits per heavy atom. The molecule has 29 nitrogen and oxygen atoms in total. The van der Waals surface area contributed by atoms with Gasteiger partial charge in [0, 0.05) is 60.3 Å². The van der Waals surface area contributed by atoms with Crippen LogP contribution >= 0.6 is 11.6 Å². The SMILES string of the molecule is Cc1nc2cc(F)c(-c3cnc(OCCCCCn4cc(COCCOCCOCCOCCOCCOCCNC(=O)[C@H](CCC(=O)O)NC(=O)c5ccc(NCc6cnc7nc(N)[nH]c(=O)c7n6)cc5)nn4)nc3)nc2c(N[C@@H](C)c2cc(C#N)ccc2F)c1Cl. The van der Waals surface area contributed by atoms with Crippen molar-refractivity contribution in [2.45, 2.75) is 77.7 Å². The van der Waals surface area contributed by atoms with Crippen molar-refractivity contribution < 1.29 is 61.4 Å². The number of carbonyl (C=O) groups is 3. The zero-order chi connectivity index (χ0) is 65.9. The molecule has 0 aliphatic heterocycles. The second kappa shape index (κ2) is 35.9. The number of nitrogen functional groups attached to an aromatic ring is 1. The molecule has 0 unspecified atom stereocenters. The lowest BCUT2D eigenvalue weighted by Gasteiger charge is -2.20. The van der Waals surface area contributed by atoms with Gasteiger partial charge in [-0.15, -0.1) is 5.10 Å². The van der Waals surface area contributed by atoms with E-state index in [2.05, 4.69) is 71.5 Å². The number of nitrogens with one attached hydrogen (secondary N) is 5. The monoisotopic (exact) mass is 1310 g/mol. The zero-order valence-electron chi connectivity index (χ0n) is 51.0. The minimum absolute atomic E-state index is 0.0407. The number of anilines is 3. The number of pyridine rings is 2. The van der Waals surface area contributed by atoms with Gasteiger partial charge in [-0.1, -0.05) is 16.8 Å². The lowest BCUT2D eigenvalue weighted by molar-refractivity contribution is -0.137. The van der Waals surface area contributed by atoms with Crippen molar-refractivity contribution >= 4 is 68.9 Å². The van der Waals surface area contributed by atoms with Gasteiger partial charge in [0.05, 0.1) is 150 Å². The molecule has 492 valence electrons. The number of halogens is 3. The number of nitrogens with two attached hydrogens (primary N) is 1. The Labute approximate surface area is 536 Å². The van der Waals surface area contributed by atoms with E-state index >= 15 is 4.39 Å². The fourth-order valence-corrected chi connectivity index (χ4v) is 9.18. The number of H-pyrrole nitrogens is 1. The Bertz CT molecular complexity index is 3880. The molecule has 8 aromatic rings. The molecule has 6 aromatic heterocycles. The van der Waals surface area contributed by atoms with Crippen LogP contribution < -0.4 is 37.3 Å². The summed E-state index contributed by atoms with van der Waals surface area (Å²) in [6.45, 7) is 8.67. The highest BCUT2D eigenvalue weighted by atomic mass is 35.5. The smallest absolute Gasteiger partial charge is 0.316 e. The second-order valence-electron chi connectivity index (χ2n) is 20.7. The predicted molar refractivity (Wildman–Crippen MR) is 334 cm³/mol. The largest absolute Gasteiger partial charge is 0.481 e. The number of nitrogens with zero attached hydrogens (tertiary/aromatic N) is 11. The summed E-state index contributed by atoms with van der Waals surface area (Å²) in [4.78, 5) is 81.8. The minimum Gasteiger partial charge on any atom is -0.481 e. The minimum atomic E-state index is -1.12. The normalized spacial score (nSPS) is 12.0. The van der Waals surface area contributed by atoms with E-state index in [4.69, 9.17) is 50.5 Å². The molecule has 8 rings (SSSR count). The van der Waals surface area contributed by atoms with E-state index in [9.17, 15) is 33.9 Å². The number of rotatable bonds is 40. The molecule has 2 amide bonds. The molecule has 0 aliphatic rings. The second-order valence-corrected chi connectivity index (χ2v) is 21.1. The van der Waals surface area contributed by atoms with Gasteiger partial charge in [0.25, 0.3) is 11.5 Å². The van der Waals surface area contributed by atoms with Crippen molar-refractivity contribution in [3.8, 4) is 23.3 Å². The Morgan fingerprint density at radius 3 is 2.17 bits per heavy atom. The van der Waals surface area contributed by atoms with Gasteiger partial charge in [0.1, 0.15) is 28.8 Å². The van der Waals surface area contributed by atoms with Gasteiger partial charge in [-0.25, -0.2) is 38.7 Å². The predicted octanol–water partition coefficient (Wildman–Crippen LogP) is 5.81. The van der Waals surface area contributed by atoms with Crippen LogP contribution in [-0.2, 0) is 57.7 Å². The van der Waals surface area contributed by atoms with E-state index in [-0.39, 0.29) is 102 Å². The van der Waals surface area contributed by atoms with E-state index in [1.54, 1.807) is 42.8 Å². The van der Waals surface area contributed by atoms with Gasteiger partial charge < -0.3 is 65.3 Å². The van der Waals surface area contributed by atoms with Gasteiger partial charge >= 0.3 is 12.0 Å². The lowest BCUT2D eigenvalue weighted by Crippen LogP contribution is -2.47. The zero-order valence-corrected chi connectivity index (χ0v) is 51.8. The molecule has 8 N–H and O–H groups in total. The molecular formula is C61H70ClF2N17O12. The highest BCUT2D eigenvalue weighted by Gasteiger charge is 2.24. The summed E-state index contributed by atoms with van der Waals surface area (Å²) in [6.07, 6.45) is 8.03. The maximum atomic E-state index is 15.5. The Hall–Kier alpha value is -9.55. The average Bonchev–Trinajstić information content (AvgIpc) is 1.16. The number of aromatic nitrogens is 11. The number of aryl methyl sites for hydroxylation is 2. The van der Waals surface area contributed by atoms with Crippen LogP contribution in [0.1, 0.15) is 83.6 Å². The molecular weight excluding hydrogens is 1240 g/mol. The maximum absolute atomic E-state index is 15.5. The Balaban J connectivity index is 0.593. The van der Waals surface area contributed by atoms with Crippen LogP contribution in [0.3, 0.4) is 0 Å². The van der Waals surface area contributed by atoms with Crippen LogP contribution in [0.2, 0.25) is 5.02 Å². The Kier molecular flexibility index (Phi) is 26.8. The van der Waals surface area contributed by atoms with Crippen LogP contribution in [0.4, 0.5) is 26.1 Å². The Morgan fingerprint density at radius 1 is 0.796 bits per heavy atom. The number of hydrogen-bond donors (Lipinski definition) is 7. The fraction of sp³-hybridized carbons (Fsp3) is 0.410. The molecule has 32 heteroatoms. The summed E-state index contributed by atoms with van der Waals surface area (Å²) in [7, 11) is 0. The summed E-state index contributed by atoms with van der Waals surface area (Å²) >= 11 is 6.68. The molecule has 6 heterocycles. The molecule has 93 heavy (non-hydrogen) atoms. The van der Waals surface area contributed by atoms with Crippen LogP contribution in [-0.4, -0.2) is 170 Å². The van der Waals surface area contributed by atoms with Gasteiger partial charge in [0.15, 0.2) is 17.0 Å². The number of amides is 2. The molecule has 0 saturated carbocycles. The third kappa shape index (κ3) is 21.5. The molecule has 2 aromatic carbocycles. The number of carboxylic acids is 1. The van der Waals surface area contributed by atoms with E-state index in [0.717, 1.165) is 19.3 Å². The van der Waals surface area contributed by atoms with E-state index in [1.165, 1.54) is 42.9 Å². The standard InChI is InChI=1S/C61H70ClF2N17O12/c1-37(45-28-39(30-65)6-11-46(45)63)73-54-51(62)38(2)72-49-29-47(64)52(76-53(49)54)41-31-70-61(71-32-41)93-16-5-3-4-15-81-35-44(79-80-81)36-92-27-26-91-25-24-90-23-22-89-21-20-88-19-18-87-17-14-67-58(85)48(12-13-50(82)83)75-57(84)40-7-9-42(10-8-40)68-33-43-34-69-56-55(74-43)59(86)78-60(66)77-56/h6-11,28-29,31-32,34-35,37,48,68H,3-5,12-27,33,36H2,1-2H3,(H,67,85)(H,72,73)(H,75,84)(H,82,83)(H3,66,69,77,78,86)/t37-,48-/m0/s1. The van der Waals surface area contributed by atoms with Crippen molar-refractivity contribution in [2.24, 2.45) is 0 Å². The highest BCUT2D eigenvalue weighted by Crippen LogP contribution is 2.37.